The lowest BCUT2D eigenvalue weighted by atomic mass is 9.88. The van der Waals surface area contributed by atoms with E-state index >= 15 is 0 Å². The molecule has 0 aromatic heterocycles. The van der Waals surface area contributed by atoms with E-state index < -0.39 is 5.38 Å². The Kier molecular flexibility index (Phi) is 4.58. The highest BCUT2D eigenvalue weighted by Crippen LogP contribution is 2.31. The largest absolute Gasteiger partial charge is 0.358 e. The Morgan fingerprint density at radius 3 is 1.74 bits per heavy atom. The molecule has 0 aliphatic heterocycles. The molecule has 1 unspecified atom stereocenters. The van der Waals surface area contributed by atoms with Crippen LogP contribution in [0, 0.1) is 0 Å². The Morgan fingerprint density at radius 2 is 1.37 bits per heavy atom. The second kappa shape index (κ2) is 6.39. The first-order valence-corrected chi connectivity index (χ1v) is 6.63. The molecular formula is C16H16ClNO. The molecule has 2 aromatic carbocycles. The van der Waals surface area contributed by atoms with Gasteiger partial charge in [0.1, 0.15) is 5.38 Å². The van der Waals surface area contributed by atoms with E-state index in [0.29, 0.717) is 0 Å². The lowest BCUT2D eigenvalue weighted by molar-refractivity contribution is -0.120. The monoisotopic (exact) mass is 273 g/mol. The van der Waals surface area contributed by atoms with Crippen molar-refractivity contribution in [2.45, 2.75) is 11.3 Å². The van der Waals surface area contributed by atoms with Gasteiger partial charge in [-0.25, -0.2) is 0 Å². The van der Waals surface area contributed by atoms with Crippen molar-refractivity contribution < 1.29 is 4.79 Å². The minimum absolute atomic E-state index is 0.149. The van der Waals surface area contributed by atoms with Gasteiger partial charge >= 0.3 is 0 Å². The third-order valence-corrected chi connectivity index (χ3v) is 3.56. The van der Waals surface area contributed by atoms with Crippen molar-refractivity contribution in [3.63, 3.8) is 0 Å². The molecule has 0 spiro atoms. The fraction of sp³-hybridized carbons (Fsp3) is 0.188. The first-order chi connectivity index (χ1) is 9.24. The normalized spacial score (nSPS) is 12.2. The first-order valence-electron chi connectivity index (χ1n) is 6.19. The third-order valence-electron chi connectivity index (χ3n) is 3.11. The van der Waals surface area contributed by atoms with E-state index in [1.54, 1.807) is 7.05 Å². The Balaban J connectivity index is 2.43. The van der Waals surface area contributed by atoms with Crippen LogP contribution in [0.3, 0.4) is 0 Å². The van der Waals surface area contributed by atoms with Crippen LogP contribution < -0.4 is 5.32 Å². The summed E-state index contributed by atoms with van der Waals surface area (Å²) in [7, 11) is 1.60. The molecule has 19 heavy (non-hydrogen) atoms. The molecule has 0 saturated carbocycles. The van der Waals surface area contributed by atoms with Gasteiger partial charge in [0.15, 0.2) is 0 Å². The average molecular weight is 274 g/mol. The van der Waals surface area contributed by atoms with Crippen molar-refractivity contribution in [1.29, 1.82) is 0 Å². The standard InChI is InChI=1S/C16H16ClNO/c1-18-16(19)15(17)14(12-8-4-2-5-9-12)13-10-6-3-7-11-13/h2-11,14-15H,1H3,(H,18,19). The van der Waals surface area contributed by atoms with E-state index in [1.165, 1.54) is 0 Å². The van der Waals surface area contributed by atoms with Crippen LogP contribution in [-0.2, 0) is 4.79 Å². The number of halogens is 1. The van der Waals surface area contributed by atoms with E-state index in [1.807, 2.05) is 60.7 Å². The lowest BCUT2D eigenvalue weighted by Gasteiger charge is -2.22. The minimum Gasteiger partial charge on any atom is -0.358 e. The molecule has 1 atom stereocenters. The van der Waals surface area contributed by atoms with Crippen molar-refractivity contribution in [3.8, 4) is 0 Å². The smallest absolute Gasteiger partial charge is 0.238 e. The molecule has 98 valence electrons. The van der Waals surface area contributed by atoms with E-state index in [0.717, 1.165) is 11.1 Å². The van der Waals surface area contributed by atoms with Gasteiger partial charge in [0.25, 0.3) is 0 Å². The third kappa shape index (κ3) is 3.15. The molecule has 1 N–H and O–H groups in total. The number of carbonyl (C=O) groups is 1. The molecule has 3 heteroatoms. The molecule has 0 aliphatic carbocycles. The quantitative estimate of drug-likeness (QED) is 0.852. The summed E-state index contributed by atoms with van der Waals surface area (Å²) in [6.07, 6.45) is 0. The van der Waals surface area contributed by atoms with Gasteiger partial charge in [-0.15, -0.1) is 11.6 Å². The van der Waals surface area contributed by atoms with Gasteiger partial charge in [0.2, 0.25) is 5.91 Å². The van der Waals surface area contributed by atoms with Crippen LogP contribution in [-0.4, -0.2) is 18.3 Å². The Bertz CT molecular complexity index is 487. The van der Waals surface area contributed by atoms with Crippen molar-refractivity contribution in [1.82, 2.24) is 5.32 Å². The minimum atomic E-state index is -0.630. The zero-order chi connectivity index (χ0) is 13.7. The topological polar surface area (TPSA) is 29.1 Å². The Morgan fingerprint density at radius 1 is 0.947 bits per heavy atom. The summed E-state index contributed by atoms with van der Waals surface area (Å²) in [4.78, 5) is 11.9. The molecule has 1 amide bonds. The lowest BCUT2D eigenvalue weighted by Crippen LogP contribution is -2.33. The maximum atomic E-state index is 11.9. The molecule has 2 nitrogen and oxygen atoms in total. The van der Waals surface area contributed by atoms with E-state index in [9.17, 15) is 4.79 Å². The number of amides is 1. The number of rotatable bonds is 4. The summed E-state index contributed by atoms with van der Waals surface area (Å²) < 4.78 is 0. The molecule has 0 fully saturated rings. The van der Waals surface area contributed by atoms with Gasteiger partial charge in [0.05, 0.1) is 0 Å². The SMILES string of the molecule is CNC(=O)C(Cl)C(c1ccccc1)c1ccccc1. The number of hydrogen-bond acceptors (Lipinski definition) is 1. The summed E-state index contributed by atoms with van der Waals surface area (Å²) in [5.41, 5.74) is 2.08. The van der Waals surface area contributed by atoms with Crippen molar-refractivity contribution >= 4 is 17.5 Å². The van der Waals surface area contributed by atoms with Gasteiger partial charge in [-0.05, 0) is 11.1 Å². The van der Waals surface area contributed by atoms with Crippen LogP contribution in [0.1, 0.15) is 17.0 Å². The van der Waals surface area contributed by atoms with E-state index in [4.69, 9.17) is 11.6 Å². The van der Waals surface area contributed by atoms with Gasteiger partial charge in [0, 0.05) is 13.0 Å². The number of alkyl halides is 1. The molecule has 0 bridgehead atoms. The number of carbonyl (C=O) groups excluding carboxylic acids is 1. The summed E-state index contributed by atoms with van der Waals surface area (Å²) in [5.74, 6) is -0.316. The average Bonchev–Trinajstić information content (AvgIpc) is 2.49. The summed E-state index contributed by atoms with van der Waals surface area (Å²) in [6, 6.07) is 19.7. The predicted octanol–water partition coefficient (Wildman–Crippen LogP) is 3.17. The predicted molar refractivity (Wildman–Crippen MR) is 78.4 cm³/mol. The van der Waals surface area contributed by atoms with Crippen LogP contribution in [0.15, 0.2) is 60.7 Å². The van der Waals surface area contributed by atoms with Crippen LogP contribution >= 0.6 is 11.6 Å². The number of benzene rings is 2. The van der Waals surface area contributed by atoms with E-state index in [2.05, 4.69) is 5.32 Å². The van der Waals surface area contributed by atoms with E-state index in [-0.39, 0.29) is 11.8 Å². The van der Waals surface area contributed by atoms with Crippen molar-refractivity contribution in [2.75, 3.05) is 7.05 Å². The summed E-state index contributed by atoms with van der Waals surface area (Å²) in [5, 5.41) is 1.98. The van der Waals surface area contributed by atoms with Crippen molar-refractivity contribution in [2.24, 2.45) is 0 Å². The molecule has 2 aromatic rings. The fourth-order valence-electron chi connectivity index (χ4n) is 2.14. The van der Waals surface area contributed by atoms with Crippen molar-refractivity contribution in [3.05, 3.63) is 71.8 Å². The highest BCUT2D eigenvalue weighted by molar-refractivity contribution is 6.31. The first kappa shape index (κ1) is 13.6. The molecule has 0 radical (unpaired) electrons. The maximum Gasteiger partial charge on any atom is 0.238 e. The summed E-state index contributed by atoms with van der Waals surface area (Å²) >= 11 is 6.35. The second-order valence-electron chi connectivity index (χ2n) is 4.32. The zero-order valence-electron chi connectivity index (χ0n) is 10.7. The van der Waals surface area contributed by atoms with Gasteiger partial charge < -0.3 is 5.32 Å². The van der Waals surface area contributed by atoms with Gasteiger partial charge in [-0.2, -0.15) is 0 Å². The molecular weight excluding hydrogens is 258 g/mol. The van der Waals surface area contributed by atoms with Crippen LogP contribution in [0.4, 0.5) is 0 Å². The fourth-order valence-corrected chi connectivity index (χ4v) is 2.54. The molecule has 0 heterocycles. The van der Waals surface area contributed by atoms with Gasteiger partial charge in [-0.1, -0.05) is 60.7 Å². The Hall–Kier alpha value is -1.80. The molecule has 0 aliphatic rings. The summed E-state index contributed by atoms with van der Waals surface area (Å²) in [6.45, 7) is 0. The molecule has 0 saturated heterocycles. The highest BCUT2D eigenvalue weighted by atomic mass is 35.5. The van der Waals surface area contributed by atoms with Gasteiger partial charge in [-0.3, -0.25) is 4.79 Å². The zero-order valence-corrected chi connectivity index (χ0v) is 11.5. The number of hydrogen-bond donors (Lipinski definition) is 1. The van der Waals surface area contributed by atoms with Crippen LogP contribution in [0.5, 0.6) is 0 Å². The maximum absolute atomic E-state index is 11.9. The highest BCUT2D eigenvalue weighted by Gasteiger charge is 2.28. The van der Waals surface area contributed by atoms with Crippen LogP contribution in [0.25, 0.3) is 0 Å². The number of nitrogens with one attached hydrogen (secondary N) is 1. The van der Waals surface area contributed by atoms with Crippen LogP contribution in [0.2, 0.25) is 0 Å². The molecule has 2 rings (SSSR count). The Labute approximate surface area is 118 Å². The second-order valence-corrected chi connectivity index (χ2v) is 4.79.